The van der Waals surface area contributed by atoms with Crippen LogP contribution < -0.4 is 5.32 Å². The van der Waals surface area contributed by atoms with Crippen molar-refractivity contribution in [3.8, 4) is 11.4 Å². The number of nitrogens with zero attached hydrogens (tertiary/aromatic N) is 3. The zero-order chi connectivity index (χ0) is 10.8. The third-order valence-corrected chi connectivity index (χ3v) is 2.37. The van der Waals surface area contributed by atoms with Gasteiger partial charge in [-0.15, -0.1) is 10.2 Å². The van der Waals surface area contributed by atoms with E-state index >= 15 is 0 Å². The smallest absolute Gasteiger partial charge is 0.224 e. The molecule has 1 heterocycles. The first kappa shape index (κ1) is 9.71. The molecule has 1 aromatic heterocycles. The molecule has 0 aliphatic heterocycles. The molecule has 0 saturated heterocycles. The highest BCUT2D eigenvalue weighted by Crippen LogP contribution is 2.19. The van der Waals surface area contributed by atoms with Crippen molar-refractivity contribution in [2.75, 3.05) is 12.4 Å². The van der Waals surface area contributed by atoms with E-state index < -0.39 is 0 Å². The number of nitrogens with one attached hydrogen (secondary N) is 1. The maximum Gasteiger partial charge on any atom is 0.224 e. The van der Waals surface area contributed by atoms with Crippen molar-refractivity contribution >= 4 is 5.95 Å². The molecule has 1 aromatic carbocycles. The Kier molecular flexibility index (Phi) is 2.41. The van der Waals surface area contributed by atoms with Crippen molar-refractivity contribution in [1.29, 1.82) is 0 Å². The van der Waals surface area contributed by atoms with E-state index in [1.807, 2.05) is 30.8 Å². The number of rotatable bonds is 2. The number of hydrogen-bond acceptors (Lipinski definition) is 3. The van der Waals surface area contributed by atoms with Gasteiger partial charge in [-0.2, -0.15) is 0 Å². The van der Waals surface area contributed by atoms with Gasteiger partial charge in [0.1, 0.15) is 0 Å². The van der Waals surface area contributed by atoms with E-state index in [0.717, 1.165) is 17.3 Å². The summed E-state index contributed by atoms with van der Waals surface area (Å²) in [6, 6.07) is 8.23. The second-order valence-corrected chi connectivity index (χ2v) is 3.53. The minimum absolute atomic E-state index is 0.770. The summed E-state index contributed by atoms with van der Waals surface area (Å²) in [7, 11) is 3.79. The van der Waals surface area contributed by atoms with Crippen LogP contribution in [-0.4, -0.2) is 21.8 Å². The van der Waals surface area contributed by atoms with E-state index in [9.17, 15) is 0 Å². The highest BCUT2D eigenvalue weighted by Gasteiger charge is 2.08. The molecule has 15 heavy (non-hydrogen) atoms. The Hall–Kier alpha value is -1.84. The fourth-order valence-electron chi connectivity index (χ4n) is 1.58. The molecule has 2 aromatic rings. The van der Waals surface area contributed by atoms with Crippen LogP contribution in [0, 0.1) is 6.92 Å². The third kappa shape index (κ3) is 1.70. The molecule has 0 fully saturated rings. The maximum absolute atomic E-state index is 4.15. The van der Waals surface area contributed by atoms with Crippen LogP contribution in [0.1, 0.15) is 5.56 Å². The summed E-state index contributed by atoms with van der Waals surface area (Å²) < 4.78 is 1.94. The van der Waals surface area contributed by atoms with E-state index in [0.29, 0.717) is 0 Å². The predicted octanol–water partition coefficient (Wildman–Crippen LogP) is 1.83. The average Bonchev–Trinajstić information content (AvgIpc) is 2.59. The van der Waals surface area contributed by atoms with Gasteiger partial charge in [0.05, 0.1) is 0 Å². The number of hydrogen-bond donors (Lipinski definition) is 1. The van der Waals surface area contributed by atoms with Gasteiger partial charge < -0.3 is 5.32 Å². The first-order valence-corrected chi connectivity index (χ1v) is 4.86. The number of benzene rings is 1. The van der Waals surface area contributed by atoms with Crippen molar-refractivity contribution < 1.29 is 0 Å². The van der Waals surface area contributed by atoms with Gasteiger partial charge in [-0.05, 0) is 13.0 Å². The summed E-state index contributed by atoms with van der Waals surface area (Å²) in [5.41, 5.74) is 2.31. The zero-order valence-electron chi connectivity index (χ0n) is 9.15. The molecule has 0 amide bonds. The Balaban J connectivity index is 2.49. The predicted molar refractivity (Wildman–Crippen MR) is 60.7 cm³/mol. The Morgan fingerprint density at radius 3 is 2.67 bits per heavy atom. The largest absolute Gasteiger partial charge is 0.357 e. The first-order chi connectivity index (χ1) is 7.22. The van der Waals surface area contributed by atoms with E-state index in [2.05, 4.69) is 34.6 Å². The minimum Gasteiger partial charge on any atom is -0.357 e. The molecule has 0 unspecified atom stereocenters. The molecule has 0 radical (unpaired) electrons. The second-order valence-electron chi connectivity index (χ2n) is 3.53. The molecule has 0 spiro atoms. The molecular formula is C11H14N4. The van der Waals surface area contributed by atoms with Crippen LogP contribution in [0.5, 0.6) is 0 Å². The fraction of sp³-hybridized carbons (Fsp3) is 0.273. The summed E-state index contributed by atoms with van der Waals surface area (Å²) in [5.74, 6) is 1.65. The zero-order valence-corrected chi connectivity index (χ0v) is 9.15. The summed E-state index contributed by atoms with van der Waals surface area (Å²) >= 11 is 0. The fourth-order valence-corrected chi connectivity index (χ4v) is 1.58. The van der Waals surface area contributed by atoms with E-state index in [-0.39, 0.29) is 0 Å². The second kappa shape index (κ2) is 3.73. The van der Waals surface area contributed by atoms with Gasteiger partial charge >= 0.3 is 0 Å². The lowest BCUT2D eigenvalue weighted by Crippen LogP contribution is -1.99. The normalized spacial score (nSPS) is 10.3. The Morgan fingerprint density at radius 1 is 1.27 bits per heavy atom. The summed E-state index contributed by atoms with van der Waals surface area (Å²) in [6.07, 6.45) is 0. The highest BCUT2D eigenvalue weighted by molar-refractivity contribution is 5.58. The molecular weight excluding hydrogens is 188 g/mol. The molecule has 4 nitrogen and oxygen atoms in total. The molecule has 78 valence electrons. The maximum atomic E-state index is 4.15. The summed E-state index contributed by atoms with van der Waals surface area (Å²) in [5, 5.41) is 11.2. The van der Waals surface area contributed by atoms with Crippen molar-refractivity contribution in [3.05, 3.63) is 29.8 Å². The van der Waals surface area contributed by atoms with Gasteiger partial charge in [0.25, 0.3) is 0 Å². The quantitative estimate of drug-likeness (QED) is 0.808. The lowest BCUT2D eigenvalue weighted by Gasteiger charge is -2.03. The van der Waals surface area contributed by atoms with E-state index in [1.54, 1.807) is 0 Å². The number of aryl methyl sites for hydroxylation is 1. The molecule has 0 atom stereocenters. The van der Waals surface area contributed by atoms with Crippen LogP contribution in [0.15, 0.2) is 24.3 Å². The average molecular weight is 202 g/mol. The molecule has 0 saturated carbocycles. The molecule has 1 N–H and O–H groups in total. The highest BCUT2D eigenvalue weighted by atomic mass is 15.3. The van der Waals surface area contributed by atoms with E-state index in [1.165, 1.54) is 5.56 Å². The molecule has 0 aliphatic carbocycles. The van der Waals surface area contributed by atoms with Gasteiger partial charge in [0, 0.05) is 19.7 Å². The van der Waals surface area contributed by atoms with Crippen molar-refractivity contribution in [2.45, 2.75) is 6.92 Å². The number of anilines is 1. The molecule has 0 bridgehead atoms. The van der Waals surface area contributed by atoms with Gasteiger partial charge in [-0.3, -0.25) is 4.57 Å². The Morgan fingerprint density at radius 2 is 2.07 bits per heavy atom. The summed E-state index contributed by atoms with van der Waals surface area (Å²) in [4.78, 5) is 0. The van der Waals surface area contributed by atoms with Gasteiger partial charge in [0.15, 0.2) is 5.82 Å². The monoisotopic (exact) mass is 202 g/mol. The van der Waals surface area contributed by atoms with Gasteiger partial charge in [-0.25, -0.2) is 0 Å². The number of aromatic nitrogens is 3. The molecule has 0 aliphatic rings. The van der Waals surface area contributed by atoms with Crippen molar-refractivity contribution in [2.24, 2.45) is 7.05 Å². The third-order valence-electron chi connectivity index (χ3n) is 2.37. The standard InChI is InChI=1S/C11H14N4/c1-8-5-4-6-9(7-8)10-13-14-11(12-2)15(10)3/h4-7H,1-3H3,(H,12,14). The van der Waals surface area contributed by atoms with Crippen LogP contribution in [0.4, 0.5) is 5.95 Å². The molecule has 2 rings (SSSR count). The molecule has 4 heteroatoms. The van der Waals surface area contributed by atoms with Crippen LogP contribution in [0.2, 0.25) is 0 Å². The first-order valence-electron chi connectivity index (χ1n) is 4.86. The van der Waals surface area contributed by atoms with Crippen LogP contribution >= 0.6 is 0 Å². The van der Waals surface area contributed by atoms with Crippen molar-refractivity contribution in [1.82, 2.24) is 14.8 Å². The van der Waals surface area contributed by atoms with Crippen LogP contribution in [0.3, 0.4) is 0 Å². The van der Waals surface area contributed by atoms with Crippen LogP contribution in [-0.2, 0) is 7.05 Å². The SMILES string of the molecule is CNc1nnc(-c2cccc(C)c2)n1C. The van der Waals surface area contributed by atoms with Gasteiger partial charge in [0.2, 0.25) is 5.95 Å². The van der Waals surface area contributed by atoms with Crippen LogP contribution in [0.25, 0.3) is 11.4 Å². The Bertz CT molecular complexity index is 473. The Labute approximate surface area is 89.0 Å². The minimum atomic E-state index is 0.770. The van der Waals surface area contributed by atoms with Gasteiger partial charge in [-0.1, -0.05) is 23.8 Å². The summed E-state index contributed by atoms with van der Waals surface area (Å²) in [6.45, 7) is 2.07. The topological polar surface area (TPSA) is 42.7 Å². The lowest BCUT2D eigenvalue weighted by atomic mass is 10.1. The lowest BCUT2D eigenvalue weighted by molar-refractivity contribution is 0.925. The van der Waals surface area contributed by atoms with Crippen molar-refractivity contribution in [3.63, 3.8) is 0 Å². The van der Waals surface area contributed by atoms with E-state index in [4.69, 9.17) is 0 Å².